The summed E-state index contributed by atoms with van der Waals surface area (Å²) in [4.78, 5) is 27.9. The first-order valence-electron chi connectivity index (χ1n) is 11.4. The zero-order valence-electron chi connectivity index (χ0n) is 18.0. The van der Waals surface area contributed by atoms with Crippen molar-refractivity contribution in [3.63, 3.8) is 0 Å². The number of ether oxygens (including phenoxy) is 1. The summed E-state index contributed by atoms with van der Waals surface area (Å²) in [5, 5.41) is 23.3. The molecule has 31 heavy (non-hydrogen) atoms. The standard InChI is InChI=1S/C24H32N2O5/c1-2-20(28)26(15-8-4-3-5-9-15)18-14-17(24(30)25-12-13-27)21-16-10-6-7-11-19(16)31-23(21)22(18)29/h6-7,10-11,14-15,18,21-23,27,29H,2-5,8-9,12-13H2,1H3,(H,25,30)/t18-,21+,22+,23+/m1/s1. The monoisotopic (exact) mass is 428 g/mol. The van der Waals surface area contributed by atoms with Crippen LogP contribution in [0.25, 0.3) is 0 Å². The minimum atomic E-state index is -0.941. The van der Waals surface area contributed by atoms with Gasteiger partial charge in [0, 0.05) is 30.1 Å². The number of nitrogens with one attached hydrogen (secondary N) is 1. The molecule has 0 unspecified atom stereocenters. The van der Waals surface area contributed by atoms with Crippen molar-refractivity contribution < 1.29 is 24.5 Å². The molecule has 3 aliphatic rings. The predicted octanol–water partition coefficient (Wildman–Crippen LogP) is 1.88. The molecule has 0 radical (unpaired) electrons. The number of para-hydroxylation sites is 1. The van der Waals surface area contributed by atoms with Gasteiger partial charge in [-0.2, -0.15) is 0 Å². The van der Waals surface area contributed by atoms with E-state index in [4.69, 9.17) is 9.84 Å². The van der Waals surface area contributed by atoms with Crippen molar-refractivity contribution in [2.24, 2.45) is 0 Å². The highest BCUT2D eigenvalue weighted by molar-refractivity contribution is 5.96. The zero-order chi connectivity index (χ0) is 22.0. The number of aliphatic hydroxyl groups excluding tert-OH is 2. The molecule has 0 aromatic heterocycles. The van der Waals surface area contributed by atoms with Crippen LogP contribution in [0.5, 0.6) is 5.75 Å². The maximum absolute atomic E-state index is 13.1. The van der Waals surface area contributed by atoms with E-state index in [-0.39, 0.29) is 31.0 Å². The molecule has 3 N–H and O–H groups in total. The van der Waals surface area contributed by atoms with E-state index in [1.54, 1.807) is 6.08 Å². The Bertz CT molecular complexity index is 848. The van der Waals surface area contributed by atoms with E-state index < -0.39 is 24.2 Å². The number of benzene rings is 1. The largest absolute Gasteiger partial charge is 0.486 e. The molecule has 2 amide bonds. The summed E-state index contributed by atoms with van der Waals surface area (Å²) in [5.74, 6) is -0.0692. The lowest BCUT2D eigenvalue weighted by atomic mass is 9.77. The number of hydrogen-bond donors (Lipinski definition) is 3. The Balaban J connectivity index is 1.75. The number of fused-ring (bicyclic) bond motifs is 3. The fourth-order valence-electron chi connectivity index (χ4n) is 5.32. The highest BCUT2D eigenvalue weighted by atomic mass is 16.5. The molecule has 4 atom stereocenters. The highest BCUT2D eigenvalue weighted by Gasteiger charge is 2.51. The molecule has 1 saturated carbocycles. The molecule has 1 heterocycles. The molecule has 0 spiro atoms. The van der Waals surface area contributed by atoms with E-state index in [0.29, 0.717) is 17.7 Å². The molecule has 2 aliphatic carbocycles. The first-order chi connectivity index (χ1) is 15.1. The molecular weight excluding hydrogens is 396 g/mol. The lowest BCUT2D eigenvalue weighted by Crippen LogP contribution is -2.58. The SMILES string of the molecule is CCC(=O)N(C1CCCCC1)[C@@H]1C=C(C(=O)NCCO)[C@@H]2c3ccccc3O[C@@H]2[C@H]1O. The minimum Gasteiger partial charge on any atom is -0.486 e. The topological polar surface area (TPSA) is 99.1 Å². The Kier molecular flexibility index (Phi) is 6.62. The van der Waals surface area contributed by atoms with Gasteiger partial charge in [-0.3, -0.25) is 9.59 Å². The van der Waals surface area contributed by atoms with Crippen molar-refractivity contribution in [2.75, 3.05) is 13.2 Å². The third-order valence-electron chi connectivity index (χ3n) is 6.76. The van der Waals surface area contributed by atoms with Gasteiger partial charge in [-0.15, -0.1) is 0 Å². The van der Waals surface area contributed by atoms with Gasteiger partial charge in [0.1, 0.15) is 18.0 Å². The smallest absolute Gasteiger partial charge is 0.247 e. The summed E-state index contributed by atoms with van der Waals surface area (Å²) in [7, 11) is 0. The van der Waals surface area contributed by atoms with Crippen LogP contribution in [0, 0.1) is 0 Å². The Morgan fingerprint density at radius 3 is 2.65 bits per heavy atom. The molecule has 1 aromatic rings. The Morgan fingerprint density at radius 2 is 1.94 bits per heavy atom. The van der Waals surface area contributed by atoms with Crippen LogP contribution in [-0.4, -0.2) is 64.4 Å². The number of carbonyl (C=O) groups is 2. The van der Waals surface area contributed by atoms with Crippen molar-refractivity contribution in [1.29, 1.82) is 0 Å². The molecule has 1 fully saturated rings. The molecule has 4 rings (SSSR count). The molecule has 7 nitrogen and oxygen atoms in total. The van der Waals surface area contributed by atoms with Gasteiger partial charge in [0.25, 0.3) is 0 Å². The van der Waals surface area contributed by atoms with Gasteiger partial charge in [-0.05, 0) is 25.0 Å². The molecule has 1 aliphatic heterocycles. The Labute approximate surface area is 183 Å². The second-order valence-corrected chi connectivity index (χ2v) is 8.63. The number of hydrogen-bond acceptors (Lipinski definition) is 5. The molecule has 0 saturated heterocycles. The van der Waals surface area contributed by atoms with E-state index in [1.165, 1.54) is 0 Å². The number of nitrogens with zero attached hydrogens (tertiary/aromatic N) is 1. The van der Waals surface area contributed by atoms with E-state index in [2.05, 4.69) is 5.32 Å². The maximum Gasteiger partial charge on any atom is 0.247 e. The number of amides is 2. The van der Waals surface area contributed by atoms with Crippen LogP contribution in [0.1, 0.15) is 56.9 Å². The van der Waals surface area contributed by atoms with Crippen LogP contribution in [-0.2, 0) is 9.59 Å². The molecule has 7 heteroatoms. The van der Waals surface area contributed by atoms with Crippen molar-refractivity contribution in [2.45, 2.75) is 75.7 Å². The fourth-order valence-corrected chi connectivity index (χ4v) is 5.32. The van der Waals surface area contributed by atoms with E-state index >= 15 is 0 Å². The molecule has 0 bridgehead atoms. The van der Waals surface area contributed by atoms with E-state index in [1.807, 2.05) is 36.1 Å². The van der Waals surface area contributed by atoms with Gasteiger partial charge in [0.2, 0.25) is 11.8 Å². The summed E-state index contributed by atoms with van der Waals surface area (Å²) in [6.45, 7) is 1.81. The second-order valence-electron chi connectivity index (χ2n) is 8.63. The second kappa shape index (κ2) is 9.40. The van der Waals surface area contributed by atoms with Gasteiger partial charge < -0.3 is 25.2 Å². The number of rotatable bonds is 6. The maximum atomic E-state index is 13.1. The summed E-state index contributed by atoms with van der Waals surface area (Å²) in [6.07, 6.45) is 5.62. The molecule has 168 valence electrons. The third-order valence-corrected chi connectivity index (χ3v) is 6.76. The third kappa shape index (κ3) is 4.08. The van der Waals surface area contributed by atoms with Crippen LogP contribution in [0.15, 0.2) is 35.9 Å². The number of carbonyl (C=O) groups excluding carboxylic acids is 2. The molecular formula is C24H32N2O5. The fraction of sp³-hybridized carbons (Fsp3) is 0.583. The van der Waals surface area contributed by atoms with Gasteiger partial charge in [-0.25, -0.2) is 0 Å². The summed E-state index contributed by atoms with van der Waals surface area (Å²) in [5.41, 5.74) is 1.35. The average Bonchev–Trinajstić information content (AvgIpc) is 3.20. The average molecular weight is 429 g/mol. The van der Waals surface area contributed by atoms with Crippen LogP contribution >= 0.6 is 0 Å². The van der Waals surface area contributed by atoms with Gasteiger partial charge >= 0.3 is 0 Å². The van der Waals surface area contributed by atoms with Gasteiger partial charge in [0.15, 0.2) is 0 Å². The lowest BCUT2D eigenvalue weighted by Gasteiger charge is -2.45. The summed E-state index contributed by atoms with van der Waals surface area (Å²) in [6, 6.07) is 6.94. The van der Waals surface area contributed by atoms with Crippen LogP contribution in [0.3, 0.4) is 0 Å². The van der Waals surface area contributed by atoms with Crippen LogP contribution in [0.4, 0.5) is 0 Å². The first-order valence-corrected chi connectivity index (χ1v) is 11.4. The van der Waals surface area contributed by atoms with Gasteiger partial charge in [0.05, 0.1) is 18.6 Å². The summed E-state index contributed by atoms with van der Waals surface area (Å²) >= 11 is 0. The first kappa shape index (κ1) is 21.8. The Hall–Kier alpha value is -2.38. The Morgan fingerprint density at radius 1 is 1.19 bits per heavy atom. The quantitative estimate of drug-likeness (QED) is 0.643. The normalized spacial score (nSPS) is 27.5. The number of aliphatic hydroxyl groups is 2. The van der Waals surface area contributed by atoms with Crippen molar-refractivity contribution in [1.82, 2.24) is 10.2 Å². The van der Waals surface area contributed by atoms with Crippen molar-refractivity contribution in [3.8, 4) is 5.75 Å². The highest BCUT2D eigenvalue weighted by Crippen LogP contribution is 2.47. The summed E-state index contributed by atoms with van der Waals surface area (Å²) < 4.78 is 6.13. The van der Waals surface area contributed by atoms with Gasteiger partial charge in [-0.1, -0.05) is 44.4 Å². The molecule has 1 aromatic carbocycles. The predicted molar refractivity (Wildman–Crippen MR) is 116 cm³/mol. The zero-order valence-corrected chi connectivity index (χ0v) is 18.0. The van der Waals surface area contributed by atoms with Crippen LogP contribution in [0.2, 0.25) is 0 Å². The van der Waals surface area contributed by atoms with Crippen molar-refractivity contribution in [3.05, 3.63) is 41.5 Å². The van der Waals surface area contributed by atoms with Crippen LogP contribution < -0.4 is 10.1 Å². The van der Waals surface area contributed by atoms with E-state index in [9.17, 15) is 14.7 Å². The van der Waals surface area contributed by atoms with Crippen molar-refractivity contribution >= 4 is 11.8 Å². The lowest BCUT2D eigenvalue weighted by molar-refractivity contribution is -0.141. The van der Waals surface area contributed by atoms with E-state index in [0.717, 1.165) is 37.7 Å². The minimum absolute atomic E-state index is 0.0173.